The summed E-state index contributed by atoms with van der Waals surface area (Å²) < 4.78 is 6.16. The van der Waals surface area contributed by atoms with E-state index in [1.807, 2.05) is 0 Å². The number of anilines is 2. The first-order valence-corrected chi connectivity index (χ1v) is 6.05. The van der Waals surface area contributed by atoms with Gasteiger partial charge in [-0.2, -0.15) is 4.98 Å². The van der Waals surface area contributed by atoms with Gasteiger partial charge < -0.3 is 15.8 Å². The zero-order valence-electron chi connectivity index (χ0n) is 9.11. The summed E-state index contributed by atoms with van der Waals surface area (Å²) in [6.07, 6.45) is 5.21. The smallest absolute Gasteiger partial charge is 0.221 e. The summed E-state index contributed by atoms with van der Waals surface area (Å²) in [6, 6.07) is 0.399. The van der Waals surface area contributed by atoms with E-state index in [0.717, 1.165) is 29.6 Å². The lowest BCUT2D eigenvalue weighted by Gasteiger charge is -2.14. The molecule has 2 rings (SSSR count). The zero-order chi connectivity index (χ0) is 11.5. The molecular weight excluding hydrogens is 272 g/mol. The highest BCUT2D eigenvalue weighted by molar-refractivity contribution is 9.10. The topological polar surface area (TPSA) is 73.1 Å². The molecule has 5 nitrogen and oxygen atoms in total. The highest BCUT2D eigenvalue weighted by atomic mass is 79.9. The average Bonchev–Trinajstić information content (AvgIpc) is 2.71. The predicted molar refractivity (Wildman–Crippen MR) is 66.2 cm³/mol. The molecular formula is C10H15BrN4O. The van der Waals surface area contributed by atoms with Crippen LogP contribution in [0.4, 0.5) is 11.8 Å². The van der Waals surface area contributed by atoms with Crippen LogP contribution in [0.2, 0.25) is 0 Å². The normalized spacial score (nSPS) is 24.6. The van der Waals surface area contributed by atoms with Crippen LogP contribution < -0.4 is 11.1 Å². The third-order valence-electron chi connectivity index (χ3n) is 2.82. The molecule has 0 bridgehead atoms. The Morgan fingerprint density at radius 2 is 2.38 bits per heavy atom. The maximum absolute atomic E-state index is 5.55. The van der Waals surface area contributed by atoms with Gasteiger partial charge in [0, 0.05) is 19.3 Å². The monoisotopic (exact) mass is 286 g/mol. The second-order valence-electron chi connectivity index (χ2n) is 3.94. The minimum Gasteiger partial charge on any atom is -0.381 e. The van der Waals surface area contributed by atoms with Crippen LogP contribution in [0.1, 0.15) is 19.3 Å². The average molecular weight is 287 g/mol. The van der Waals surface area contributed by atoms with E-state index in [2.05, 4.69) is 31.2 Å². The molecule has 1 fully saturated rings. The number of hydrogen-bond donors (Lipinski definition) is 2. The van der Waals surface area contributed by atoms with Crippen molar-refractivity contribution >= 4 is 27.7 Å². The summed E-state index contributed by atoms with van der Waals surface area (Å²) in [5.41, 5.74) is 5.55. The lowest BCUT2D eigenvalue weighted by atomic mass is 10.2. The minimum absolute atomic E-state index is 0.284. The third-order valence-corrected chi connectivity index (χ3v) is 3.40. The van der Waals surface area contributed by atoms with Gasteiger partial charge in [-0.05, 0) is 35.2 Å². The van der Waals surface area contributed by atoms with Gasteiger partial charge in [-0.25, -0.2) is 4.98 Å². The highest BCUT2D eigenvalue weighted by Crippen LogP contribution is 2.27. The number of halogens is 1. The van der Waals surface area contributed by atoms with E-state index >= 15 is 0 Å². The molecule has 3 N–H and O–H groups in total. The third kappa shape index (κ3) is 2.62. The Morgan fingerprint density at radius 1 is 1.56 bits per heavy atom. The summed E-state index contributed by atoms with van der Waals surface area (Å²) in [5.74, 6) is 1.04. The first-order valence-electron chi connectivity index (χ1n) is 5.26. The Balaban J connectivity index is 2.01. The van der Waals surface area contributed by atoms with Crippen molar-refractivity contribution in [2.45, 2.75) is 31.4 Å². The van der Waals surface area contributed by atoms with Gasteiger partial charge in [0.25, 0.3) is 0 Å². The first-order chi connectivity index (χ1) is 7.69. The molecule has 0 radical (unpaired) electrons. The van der Waals surface area contributed by atoms with Crippen molar-refractivity contribution in [1.29, 1.82) is 0 Å². The standard InChI is InChI=1S/C10H15BrN4O/c1-16-7-3-2-6(4-7)14-9-8(11)5-13-10(12)15-9/h5-7H,2-4H2,1H3,(H3,12,13,14,15). The van der Waals surface area contributed by atoms with Crippen molar-refractivity contribution < 1.29 is 4.74 Å². The summed E-state index contributed by atoms with van der Waals surface area (Å²) in [5, 5.41) is 3.36. The van der Waals surface area contributed by atoms with Crippen LogP contribution in [0.15, 0.2) is 10.7 Å². The van der Waals surface area contributed by atoms with Crippen LogP contribution in [-0.4, -0.2) is 29.2 Å². The number of nitrogens with one attached hydrogen (secondary N) is 1. The minimum atomic E-state index is 0.284. The first kappa shape index (κ1) is 11.6. The molecule has 6 heteroatoms. The Kier molecular flexibility index (Phi) is 3.60. The predicted octanol–water partition coefficient (Wildman–Crippen LogP) is 1.80. The molecule has 0 saturated heterocycles. The number of ether oxygens (including phenoxy) is 1. The molecule has 2 unspecified atom stereocenters. The molecule has 0 amide bonds. The number of aromatic nitrogens is 2. The van der Waals surface area contributed by atoms with Gasteiger partial charge in [-0.15, -0.1) is 0 Å². The summed E-state index contributed by atoms with van der Waals surface area (Å²) in [4.78, 5) is 8.06. The molecule has 1 aromatic heterocycles. The van der Waals surface area contributed by atoms with Crippen LogP contribution in [0.3, 0.4) is 0 Å². The number of nitrogen functional groups attached to an aromatic ring is 1. The van der Waals surface area contributed by atoms with Gasteiger partial charge in [0.2, 0.25) is 5.95 Å². The van der Waals surface area contributed by atoms with Gasteiger partial charge in [0.1, 0.15) is 5.82 Å². The summed E-state index contributed by atoms with van der Waals surface area (Å²) in [6.45, 7) is 0. The summed E-state index contributed by atoms with van der Waals surface area (Å²) >= 11 is 3.40. The van der Waals surface area contributed by atoms with Crippen LogP contribution in [0, 0.1) is 0 Å². The van der Waals surface area contributed by atoms with E-state index in [1.165, 1.54) is 0 Å². The van der Waals surface area contributed by atoms with Gasteiger partial charge in [0.05, 0.1) is 10.6 Å². The number of methoxy groups -OCH3 is 1. The highest BCUT2D eigenvalue weighted by Gasteiger charge is 2.25. The fourth-order valence-electron chi connectivity index (χ4n) is 1.96. The molecule has 2 atom stereocenters. The maximum atomic E-state index is 5.55. The van der Waals surface area contributed by atoms with Crippen molar-refractivity contribution in [3.63, 3.8) is 0 Å². The molecule has 0 spiro atoms. The van der Waals surface area contributed by atoms with Crippen LogP contribution in [0.5, 0.6) is 0 Å². The van der Waals surface area contributed by atoms with E-state index in [-0.39, 0.29) is 5.95 Å². The molecule has 1 saturated carbocycles. The van der Waals surface area contributed by atoms with Gasteiger partial charge in [-0.3, -0.25) is 0 Å². The largest absolute Gasteiger partial charge is 0.381 e. The summed E-state index contributed by atoms with van der Waals surface area (Å²) in [7, 11) is 1.76. The SMILES string of the molecule is COC1CCC(Nc2nc(N)ncc2Br)C1. The zero-order valence-corrected chi connectivity index (χ0v) is 10.7. The second kappa shape index (κ2) is 4.97. The lowest BCUT2D eigenvalue weighted by Crippen LogP contribution is -2.18. The molecule has 16 heavy (non-hydrogen) atoms. The van der Waals surface area contributed by atoms with Crippen molar-refractivity contribution in [2.75, 3.05) is 18.2 Å². The fraction of sp³-hybridized carbons (Fsp3) is 0.600. The lowest BCUT2D eigenvalue weighted by molar-refractivity contribution is 0.108. The molecule has 1 aliphatic carbocycles. The number of hydrogen-bond acceptors (Lipinski definition) is 5. The van der Waals surface area contributed by atoms with Crippen molar-refractivity contribution in [1.82, 2.24) is 9.97 Å². The quantitative estimate of drug-likeness (QED) is 0.886. The molecule has 1 heterocycles. The Labute approximate surface area is 103 Å². The van der Waals surface area contributed by atoms with Gasteiger partial charge in [-0.1, -0.05) is 0 Å². The molecule has 0 aliphatic heterocycles. The van der Waals surface area contributed by atoms with Crippen molar-refractivity contribution in [2.24, 2.45) is 0 Å². The van der Waals surface area contributed by atoms with E-state index in [9.17, 15) is 0 Å². The Morgan fingerprint density at radius 3 is 3.06 bits per heavy atom. The molecule has 0 aromatic carbocycles. The Bertz CT molecular complexity index is 374. The number of rotatable bonds is 3. The molecule has 1 aromatic rings. The van der Waals surface area contributed by atoms with E-state index in [0.29, 0.717) is 12.1 Å². The van der Waals surface area contributed by atoms with Gasteiger partial charge >= 0.3 is 0 Å². The number of nitrogens with two attached hydrogens (primary N) is 1. The van der Waals surface area contributed by atoms with Gasteiger partial charge in [0.15, 0.2) is 0 Å². The van der Waals surface area contributed by atoms with Crippen molar-refractivity contribution in [3.05, 3.63) is 10.7 Å². The van der Waals surface area contributed by atoms with Crippen molar-refractivity contribution in [3.8, 4) is 0 Å². The second-order valence-corrected chi connectivity index (χ2v) is 4.79. The van der Waals surface area contributed by atoms with Crippen LogP contribution >= 0.6 is 15.9 Å². The molecule has 1 aliphatic rings. The van der Waals surface area contributed by atoms with E-state index in [4.69, 9.17) is 10.5 Å². The van der Waals surface area contributed by atoms with E-state index < -0.39 is 0 Å². The fourth-order valence-corrected chi connectivity index (χ4v) is 2.27. The molecule has 88 valence electrons. The maximum Gasteiger partial charge on any atom is 0.221 e. The Hall–Kier alpha value is -0.880. The van der Waals surface area contributed by atoms with E-state index in [1.54, 1.807) is 13.3 Å². The number of nitrogens with zero attached hydrogens (tertiary/aromatic N) is 2. The van der Waals surface area contributed by atoms with Crippen LogP contribution in [-0.2, 0) is 4.74 Å². The van der Waals surface area contributed by atoms with Crippen LogP contribution in [0.25, 0.3) is 0 Å².